The minimum atomic E-state index is -0.739. The zero-order valence-electron chi connectivity index (χ0n) is 16.1. The highest BCUT2D eigenvalue weighted by Crippen LogP contribution is 2.37. The topological polar surface area (TPSA) is 119 Å². The number of carbonyl (C=O) groups is 2. The van der Waals surface area contributed by atoms with E-state index in [1.165, 1.54) is 30.2 Å². The van der Waals surface area contributed by atoms with Crippen molar-refractivity contribution in [1.29, 1.82) is 0 Å². The Kier molecular flexibility index (Phi) is 6.91. The van der Waals surface area contributed by atoms with Crippen molar-refractivity contribution >= 4 is 23.5 Å². The Morgan fingerprint density at radius 1 is 1.21 bits per heavy atom. The Labute approximate surface area is 166 Å². The van der Waals surface area contributed by atoms with E-state index in [9.17, 15) is 24.8 Å². The molecule has 0 radical (unpaired) electrons. The van der Waals surface area contributed by atoms with Crippen LogP contribution in [0.15, 0.2) is 42.5 Å². The maximum Gasteiger partial charge on any atom is 0.315 e. The average Bonchev–Trinajstić information content (AvgIpc) is 2.70. The Balaban J connectivity index is 2.12. The van der Waals surface area contributed by atoms with Crippen LogP contribution in [-0.4, -0.2) is 54.4 Å². The summed E-state index contributed by atoms with van der Waals surface area (Å²) < 4.78 is 10.3. The molecule has 0 spiro atoms. The van der Waals surface area contributed by atoms with Crippen LogP contribution in [0.5, 0.6) is 17.2 Å². The first-order chi connectivity index (χ1) is 13.7. The second-order valence-electron chi connectivity index (χ2n) is 6.15. The summed E-state index contributed by atoms with van der Waals surface area (Å²) >= 11 is 0. The molecule has 0 heterocycles. The molecule has 9 nitrogen and oxygen atoms in total. The van der Waals surface area contributed by atoms with E-state index in [2.05, 4.69) is 0 Å². The first-order valence-corrected chi connectivity index (χ1v) is 8.43. The first-order valence-electron chi connectivity index (χ1n) is 8.43. The maximum absolute atomic E-state index is 12.3. The number of nitrogens with zero attached hydrogens (tertiary/aromatic N) is 2. The van der Waals surface area contributed by atoms with Gasteiger partial charge in [-0.05, 0) is 42.0 Å². The lowest BCUT2D eigenvalue weighted by atomic mass is 10.1. The Morgan fingerprint density at radius 2 is 1.86 bits per heavy atom. The largest absolute Gasteiger partial charge is 0.500 e. The van der Waals surface area contributed by atoms with Crippen LogP contribution in [0, 0.1) is 10.1 Å². The molecule has 0 aliphatic rings. The molecular weight excluding hydrogens is 380 g/mol. The van der Waals surface area contributed by atoms with Gasteiger partial charge in [0.2, 0.25) is 5.75 Å². The van der Waals surface area contributed by atoms with Crippen LogP contribution >= 0.6 is 0 Å². The lowest BCUT2D eigenvalue weighted by molar-refractivity contribution is -0.386. The second-order valence-corrected chi connectivity index (χ2v) is 6.15. The lowest BCUT2D eigenvalue weighted by Gasteiger charge is -2.11. The van der Waals surface area contributed by atoms with E-state index in [4.69, 9.17) is 9.47 Å². The number of allylic oxidation sites excluding steroid dienone is 1. The summed E-state index contributed by atoms with van der Waals surface area (Å²) in [6, 6.07) is 8.74. The third-order valence-electron chi connectivity index (χ3n) is 3.92. The summed E-state index contributed by atoms with van der Waals surface area (Å²) in [5.41, 5.74) is 0.167. The molecule has 2 aromatic carbocycles. The van der Waals surface area contributed by atoms with Gasteiger partial charge < -0.3 is 19.5 Å². The second kappa shape index (κ2) is 9.36. The molecule has 0 saturated carbocycles. The molecule has 0 unspecified atom stereocenters. The number of ketones is 1. The van der Waals surface area contributed by atoms with Gasteiger partial charge in [0.05, 0.1) is 12.0 Å². The lowest BCUT2D eigenvalue weighted by Crippen LogP contribution is -2.27. The number of phenols is 1. The fourth-order valence-electron chi connectivity index (χ4n) is 2.26. The number of ether oxygens (including phenoxy) is 2. The molecule has 29 heavy (non-hydrogen) atoms. The van der Waals surface area contributed by atoms with Crippen LogP contribution in [0.1, 0.15) is 15.9 Å². The fraction of sp³-hybridized carbons (Fsp3) is 0.200. The van der Waals surface area contributed by atoms with Gasteiger partial charge >= 0.3 is 5.69 Å². The van der Waals surface area contributed by atoms with Gasteiger partial charge in [0.15, 0.2) is 18.1 Å². The smallest absolute Gasteiger partial charge is 0.315 e. The molecule has 1 amide bonds. The van der Waals surface area contributed by atoms with Gasteiger partial charge in [-0.3, -0.25) is 19.7 Å². The van der Waals surface area contributed by atoms with Crippen molar-refractivity contribution in [1.82, 2.24) is 4.90 Å². The van der Waals surface area contributed by atoms with E-state index in [1.807, 2.05) is 0 Å². The first kappa shape index (κ1) is 21.4. The Morgan fingerprint density at radius 3 is 2.41 bits per heavy atom. The van der Waals surface area contributed by atoms with E-state index in [-0.39, 0.29) is 24.0 Å². The molecule has 2 rings (SSSR count). The molecule has 0 aliphatic carbocycles. The number of amides is 1. The van der Waals surface area contributed by atoms with E-state index in [1.54, 1.807) is 38.4 Å². The van der Waals surface area contributed by atoms with E-state index >= 15 is 0 Å². The number of likely N-dealkylation sites (N-methyl/N-ethyl adjacent to an activating group) is 1. The summed E-state index contributed by atoms with van der Waals surface area (Å²) in [7, 11) is 4.52. The van der Waals surface area contributed by atoms with Crippen LogP contribution in [0.4, 0.5) is 5.69 Å². The van der Waals surface area contributed by atoms with Gasteiger partial charge in [0.25, 0.3) is 5.91 Å². The number of phenolic OH excluding ortho intramolecular Hbond substituents is 1. The minimum Gasteiger partial charge on any atom is -0.500 e. The monoisotopic (exact) mass is 400 g/mol. The highest BCUT2D eigenvalue weighted by atomic mass is 16.6. The molecule has 0 aromatic heterocycles. The summed E-state index contributed by atoms with van der Waals surface area (Å²) in [4.78, 5) is 35.5. The third kappa shape index (κ3) is 5.55. The number of nitro groups is 1. The molecule has 152 valence electrons. The number of rotatable bonds is 8. The van der Waals surface area contributed by atoms with Gasteiger partial charge in [-0.2, -0.15) is 0 Å². The minimum absolute atomic E-state index is 0.0694. The number of aromatic hydroxyl groups is 1. The normalized spacial score (nSPS) is 10.6. The van der Waals surface area contributed by atoms with Crippen LogP contribution in [0.25, 0.3) is 6.08 Å². The van der Waals surface area contributed by atoms with Crippen LogP contribution in [-0.2, 0) is 4.79 Å². The number of hydrogen-bond acceptors (Lipinski definition) is 7. The third-order valence-corrected chi connectivity index (χ3v) is 3.92. The van der Waals surface area contributed by atoms with Crippen molar-refractivity contribution < 1.29 is 29.1 Å². The quantitative estimate of drug-likeness (QED) is 0.313. The average molecular weight is 400 g/mol. The van der Waals surface area contributed by atoms with Gasteiger partial charge in [-0.15, -0.1) is 0 Å². The van der Waals surface area contributed by atoms with Crippen LogP contribution in [0.2, 0.25) is 0 Å². The van der Waals surface area contributed by atoms with Crippen LogP contribution < -0.4 is 9.47 Å². The van der Waals surface area contributed by atoms with Crippen molar-refractivity contribution in [2.75, 3.05) is 27.8 Å². The summed E-state index contributed by atoms with van der Waals surface area (Å²) in [5, 5.41) is 20.8. The highest BCUT2D eigenvalue weighted by Gasteiger charge is 2.19. The molecule has 0 fully saturated rings. The van der Waals surface area contributed by atoms with Gasteiger partial charge in [0, 0.05) is 25.7 Å². The zero-order valence-corrected chi connectivity index (χ0v) is 16.1. The van der Waals surface area contributed by atoms with Gasteiger partial charge in [-0.1, -0.05) is 6.08 Å². The van der Waals surface area contributed by atoms with E-state index in [0.717, 1.165) is 6.07 Å². The summed E-state index contributed by atoms with van der Waals surface area (Å²) in [6.45, 7) is -0.109. The maximum atomic E-state index is 12.3. The molecule has 9 heteroatoms. The fourth-order valence-corrected chi connectivity index (χ4v) is 2.26. The Hall–Kier alpha value is -3.88. The van der Waals surface area contributed by atoms with Crippen molar-refractivity contribution in [3.8, 4) is 17.2 Å². The molecular formula is C20H20N2O7. The number of benzene rings is 2. The SMILES string of the molecule is COc1cc(/C=C/C(=O)c2ccc(OCC(=O)N(C)C)cc2)cc([N+](=O)[O-])c1O. The Bertz CT molecular complexity index is 950. The zero-order chi connectivity index (χ0) is 21.6. The van der Waals surface area contributed by atoms with E-state index < -0.39 is 16.4 Å². The van der Waals surface area contributed by atoms with Crippen LogP contribution in [0.3, 0.4) is 0 Å². The molecule has 0 saturated heterocycles. The predicted molar refractivity (Wildman–Crippen MR) is 105 cm³/mol. The van der Waals surface area contributed by atoms with Gasteiger partial charge in [-0.25, -0.2) is 0 Å². The molecule has 1 N–H and O–H groups in total. The summed E-state index contributed by atoms with van der Waals surface area (Å²) in [5.74, 6) is -0.730. The number of hydrogen-bond donors (Lipinski definition) is 1. The van der Waals surface area contributed by atoms with Crippen molar-refractivity contribution in [3.63, 3.8) is 0 Å². The number of nitro benzene ring substituents is 1. The number of methoxy groups -OCH3 is 1. The molecule has 2 aromatic rings. The van der Waals surface area contributed by atoms with Crippen molar-refractivity contribution in [2.24, 2.45) is 0 Å². The van der Waals surface area contributed by atoms with E-state index in [0.29, 0.717) is 16.9 Å². The van der Waals surface area contributed by atoms with Crippen molar-refractivity contribution in [3.05, 3.63) is 63.7 Å². The molecule has 0 atom stereocenters. The molecule has 0 bridgehead atoms. The van der Waals surface area contributed by atoms with Crippen molar-refractivity contribution in [2.45, 2.75) is 0 Å². The predicted octanol–water partition coefficient (Wildman–Crippen LogP) is 2.67. The molecule has 0 aliphatic heterocycles. The highest BCUT2D eigenvalue weighted by molar-refractivity contribution is 6.06. The standard InChI is InChI=1S/C20H20N2O7/c1-21(2)19(24)12-29-15-7-5-14(6-8-15)17(23)9-4-13-10-16(22(26)27)20(25)18(11-13)28-3/h4-11,25H,12H2,1-3H3/b9-4+. The number of carbonyl (C=O) groups excluding carboxylic acids is 2. The summed E-state index contributed by atoms with van der Waals surface area (Å²) in [6.07, 6.45) is 2.64. The van der Waals surface area contributed by atoms with Gasteiger partial charge in [0.1, 0.15) is 5.75 Å².